The summed E-state index contributed by atoms with van der Waals surface area (Å²) in [7, 11) is 1.93. The molecule has 0 aliphatic rings. The van der Waals surface area contributed by atoms with Crippen molar-refractivity contribution in [3.8, 4) is 5.69 Å². The largest absolute Gasteiger partial charge is 0.377 e. The highest BCUT2D eigenvalue weighted by Gasteiger charge is 2.14. The van der Waals surface area contributed by atoms with Crippen molar-refractivity contribution in [2.45, 2.75) is 19.9 Å². The first-order valence-electron chi connectivity index (χ1n) is 6.74. The van der Waals surface area contributed by atoms with Crippen molar-refractivity contribution < 1.29 is 0 Å². The summed E-state index contributed by atoms with van der Waals surface area (Å²) in [6, 6.07) is 8.07. The van der Waals surface area contributed by atoms with E-state index < -0.39 is 0 Å². The summed E-state index contributed by atoms with van der Waals surface area (Å²) >= 11 is 0. The van der Waals surface area contributed by atoms with Gasteiger partial charge in [-0.3, -0.25) is 4.68 Å². The Balaban J connectivity index is 1.90. The number of hydrogen-bond acceptors (Lipinski definition) is 5. The predicted octanol–water partition coefficient (Wildman–Crippen LogP) is 1.88. The molecular weight excluding hydrogens is 266 g/mol. The number of rotatable bonds is 4. The summed E-state index contributed by atoms with van der Waals surface area (Å²) < 4.78 is 3.47. The van der Waals surface area contributed by atoms with Crippen molar-refractivity contribution in [3.63, 3.8) is 0 Å². The van der Waals surface area contributed by atoms with Crippen molar-refractivity contribution >= 4 is 5.69 Å². The molecule has 0 spiro atoms. The standard InChI is InChI=1S/C14H17N7/c1-10(12-8-20(3)17-11(12)2)16-13-6-4-5-7-14(13)21-9-15-18-19-21/h4-10,16H,1-3H3. The number of hydrogen-bond donors (Lipinski definition) is 1. The van der Waals surface area contributed by atoms with Crippen LogP contribution in [0.2, 0.25) is 0 Å². The molecule has 1 unspecified atom stereocenters. The molecule has 3 rings (SSSR count). The van der Waals surface area contributed by atoms with E-state index in [0.29, 0.717) is 0 Å². The van der Waals surface area contributed by atoms with E-state index in [-0.39, 0.29) is 6.04 Å². The first-order valence-corrected chi connectivity index (χ1v) is 6.74. The van der Waals surface area contributed by atoms with Gasteiger partial charge in [-0.15, -0.1) is 5.10 Å². The molecule has 108 valence electrons. The van der Waals surface area contributed by atoms with Gasteiger partial charge in [-0.05, 0) is 36.4 Å². The van der Waals surface area contributed by atoms with Crippen molar-refractivity contribution in [2.24, 2.45) is 7.05 Å². The third kappa shape index (κ3) is 2.62. The molecule has 0 bridgehead atoms. The first kappa shape index (κ1) is 13.3. The van der Waals surface area contributed by atoms with Crippen LogP contribution < -0.4 is 5.32 Å². The fourth-order valence-electron chi connectivity index (χ4n) is 2.42. The molecule has 7 nitrogen and oxygen atoms in total. The van der Waals surface area contributed by atoms with Crippen LogP contribution in [0.5, 0.6) is 0 Å². The first-order chi connectivity index (χ1) is 10.1. The van der Waals surface area contributed by atoms with E-state index in [1.165, 1.54) is 5.56 Å². The lowest BCUT2D eigenvalue weighted by molar-refractivity contribution is 0.756. The van der Waals surface area contributed by atoms with Crippen LogP contribution in [-0.4, -0.2) is 30.0 Å². The molecule has 2 heterocycles. The van der Waals surface area contributed by atoms with Gasteiger partial charge in [0.05, 0.1) is 23.1 Å². The van der Waals surface area contributed by atoms with Gasteiger partial charge in [0.25, 0.3) is 0 Å². The van der Waals surface area contributed by atoms with Crippen LogP contribution in [0.15, 0.2) is 36.8 Å². The van der Waals surface area contributed by atoms with Crippen molar-refractivity contribution in [1.29, 1.82) is 0 Å². The van der Waals surface area contributed by atoms with Gasteiger partial charge in [0, 0.05) is 18.8 Å². The number of tetrazole rings is 1. The van der Waals surface area contributed by atoms with E-state index in [1.807, 2.05) is 49.1 Å². The molecule has 0 saturated heterocycles. The number of nitrogens with one attached hydrogen (secondary N) is 1. The number of aryl methyl sites for hydroxylation is 2. The molecule has 7 heteroatoms. The van der Waals surface area contributed by atoms with Crippen LogP contribution in [0.1, 0.15) is 24.2 Å². The number of para-hydroxylation sites is 2. The fraction of sp³-hybridized carbons (Fsp3) is 0.286. The Morgan fingerprint density at radius 1 is 1.24 bits per heavy atom. The SMILES string of the molecule is Cc1nn(C)cc1C(C)Nc1ccccc1-n1cnnn1. The lowest BCUT2D eigenvalue weighted by atomic mass is 10.1. The minimum absolute atomic E-state index is 0.135. The Morgan fingerprint density at radius 2 is 2.05 bits per heavy atom. The van der Waals surface area contributed by atoms with Gasteiger partial charge < -0.3 is 5.32 Å². The third-order valence-corrected chi connectivity index (χ3v) is 3.39. The van der Waals surface area contributed by atoms with Gasteiger partial charge in [-0.1, -0.05) is 12.1 Å². The molecule has 0 aliphatic carbocycles. The highest BCUT2D eigenvalue weighted by Crippen LogP contribution is 2.25. The van der Waals surface area contributed by atoms with Gasteiger partial charge in [-0.2, -0.15) is 9.78 Å². The van der Waals surface area contributed by atoms with E-state index in [1.54, 1.807) is 11.0 Å². The van der Waals surface area contributed by atoms with Crippen LogP contribution in [-0.2, 0) is 7.05 Å². The molecule has 1 N–H and O–H groups in total. The summed E-state index contributed by atoms with van der Waals surface area (Å²) in [5.74, 6) is 0. The molecule has 1 aromatic carbocycles. The Labute approximate surface area is 122 Å². The quantitative estimate of drug-likeness (QED) is 0.791. The van der Waals surface area contributed by atoms with Crippen molar-refractivity contribution in [2.75, 3.05) is 5.32 Å². The van der Waals surface area contributed by atoms with Crippen LogP contribution in [0, 0.1) is 6.92 Å². The molecule has 0 saturated carbocycles. The molecule has 0 radical (unpaired) electrons. The van der Waals surface area contributed by atoms with E-state index in [2.05, 4.69) is 32.9 Å². The number of anilines is 1. The topological polar surface area (TPSA) is 73.5 Å². The smallest absolute Gasteiger partial charge is 0.143 e. The van der Waals surface area contributed by atoms with Crippen LogP contribution >= 0.6 is 0 Å². The van der Waals surface area contributed by atoms with Crippen molar-refractivity contribution in [1.82, 2.24) is 30.0 Å². The summed E-state index contributed by atoms with van der Waals surface area (Å²) in [6.07, 6.45) is 3.62. The molecule has 2 aromatic heterocycles. The second kappa shape index (κ2) is 5.35. The monoisotopic (exact) mass is 283 g/mol. The van der Waals surface area contributed by atoms with Crippen LogP contribution in [0.3, 0.4) is 0 Å². The zero-order valence-electron chi connectivity index (χ0n) is 12.2. The fourth-order valence-corrected chi connectivity index (χ4v) is 2.42. The van der Waals surface area contributed by atoms with Crippen molar-refractivity contribution in [3.05, 3.63) is 48.0 Å². The molecule has 1 atom stereocenters. The normalized spacial score (nSPS) is 12.3. The minimum atomic E-state index is 0.135. The zero-order chi connectivity index (χ0) is 14.8. The highest BCUT2D eigenvalue weighted by atomic mass is 15.5. The van der Waals surface area contributed by atoms with Crippen LogP contribution in [0.25, 0.3) is 5.69 Å². The van der Waals surface area contributed by atoms with Crippen LogP contribution in [0.4, 0.5) is 5.69 Å². The molecule has 0 amide bonds. The van der Waals surface area contributed by atoms with Gasteiger partial charge in [-0.25, -0.2) is 0 Å². The van der Waals surface area contributed by atoms with E-state index in [4.69, 9.17) is 0 Å². The van der Waals surface area contributed by atoms with Gasteiger partial charge in [0.15, 0.2) is 0 Å². The lowest BCUT2D eigenvalue weighted by Crippen LogP contribution is -2.10. The van der Waals surface area contributed by atoms with E-state index in [9.17, 15) is 0 Å². The molecule has 21 heavy (non-hydrogen) atoms. The van der Waals surface area contributed by atoms with Gasteiger partial charge >= 0.3 is 0 Å². The molecule has 0 aliphatic heterocycles. The maximum atomic E-state index is 4.39. The average molecular weight is 283 g/mol. The van der Waals surface area contributed by atoms with E-state index >= 15 is 0 Å². The molecule has 0 fully saturated rings. The average Bonchev–Trinajstić information content (AvgIpc) is 3.09. The Bertz CT molecular complexity index is 730. The minimum Gasteiger partial charge on any atom is -0.377 e. The summed E-state index contributed by atoms with van der Waals surface area (Å²) in [5, 5.41) is 19.2. The van der Waals surface area contributed by atoms with Gasteiger partial charge in [0.1, 0.15) is 6.33 Å². The molecular formula is C14H17N7. The molecule has 3 aromatic rings. The Kier molecular flexibility index (Phi) is 3.39. The third-order valence-electron chi connectivity index (χ3n) is 3.39. The summed E-state index contributed by atoms with van der Waals surface area (Å²) in [5.41, 5.74) is 4.08. The summed E-state index contributed by atoms with van der Waals surface area (Å²) in [4.78, 5) is 0. The number of benzene rings is 1. The highest BCUT2D eigenvalue weighted by molar-refractivity contribution is 5.61. The maximum absolute atomic E-state index is 4.39. The second-order valence-corrected chi connectivity index (χ2v) is 4.98. The van der Waals surface area contributed by atoms with Gasteiger partial charge in [0.2, 0.25) is 0 Å². The maximum Gasteiger partial charge on any atom is 0.143 e. The lowest BCUT2D eigenvalue weighted by Gasteiger charge is -2.17. The Hall–Kier alpha value is -2.70. The summed E-state index contributed by atoms with van der Waals surface area (Å²) in [6.45, 7) is 4.13. The number of aromatic nitrogens is 6. The van der Waals surface area contributed by atoms with E-state index in [0.717, 1.165) is 17.1 Å². The Morgan fingerprint density at radius 3 is 2.71 bits per heavy atom. The second-order valence-electron chi connectivity index (χ2n) is 4.98. The number of nitrogens with zero attached hydrogens (tertiary/aromatic N) is 6. The zero-order valence-corrected chi connectivity index (χ0v) is 12.2. The predicted molar refractivity (Wildman–Crippen MR) is 79.1 cm³/mol.